The summed E-state index contributed by atoms with van der Waals surface area (Å²) in [6.45, 7) is 6.71. The van der Waals surface area contributed by atoms with E-state index in [-0.39, 0.29) is 0 Å². The summed E-state index contributed by atoms with van der Waals surface area (Å²) < 4.78 is 5.80. The van der Waals surface area contributed by atoms with Crippen LogP contribution in [-0.4, -0.2) is 36.2 Å². The Hall–Kier alpha value is -0.0800. The Bertz CT molecular complexity index is 177. The monoisotopic (exact) mass is 211 g/mol. The second-order valence-corrected chi connectivity index (χ2v) is 5.36. The summed E-state index contributed by atoms with van der Waals surface area (Å²) in [5.41, 5.74) is 0. The van der Waals surface area contributed by atoms with Crippen LogP contribution in [0.3, 0.4) is 0 Å². The Balaban J connectivity index is 1.89. The predicted octanol–water partition coefficient (Wildman–Crippen LogP) is 2.82. The molecule has 0 N–H and O–H groups in total. The molecule has 2 atom stereocenters. The number of morpholine rings is 1. The highest BCUT2D eigenvalue weighted by atomic mass is 16.5. The van der Waals surface area contributed by atoms with Gasteiger partial charge < -0.3 is 4.74 Å². The predicted molar refractivity (Wildman–Crippen MR) is 63.1 cm³/mol. The molecule has 2 aliphatic rings. The van der Waals surface area contributed by atoms with E-state index in [1.54, 1.807) is 0 Å². The maximum absolute atomic E-state index is 5.80. The Morgan fingerprint density at radius 2 is 1.40 bits per heavy atom. The second kappa shape index (κ2) is 5.31. The van der Waals surface area contributed by atoms with Gasteiger partial charge in [0.15, 0.2) is 0 Å². The molecule has 0 aromatic rings. The molecule has 0 aromatic heterocycles. The first-order valence-corrected chi connectivity index (χ1v) is 6.65. The summed E-state index contributed by atoms with van der Waals surface area (Å²) >= 11 is 0. The number of hydrogen-bond donors (Lipinski definition) is 0. The van der Waals surface area contributed by atoms with E-state index >= 15 is 0 Å². The molecule has 0 aromatic carbocycles. The summed E-state index contributed by atoms with van der Waals surface area (Å²) in [7, 11) is 0. The molecule has 2 fully saturated rings. The Labute approximate surface area is 94.0 Å². The molecule has 15 heavy (non-hydrogen) atoms. The van der Waals surface area contributed by atoms with Crippen molar-refractivity contribution >= 4 is 0 Å². The molecule has 1 saturated carbocycles. The van der Waals surface area contributed by atoms with Crippen molar-refractivity contribution in [2.24, 2.45) is 0 Å². The smallest absolute Gasteiger partial charge is 0.0678 e. The summed E-state index contributed by atoms with van der Waals surface area (Å²) in [5.74, 6) is 0. The third-order valence-electron chi connectivity index (χ3n) is 3.79. The highest BCUT2D eigenvalue weighted by molar-refractivity contribution is 4.81. The van der Waals surface area contributed by atoms with Crippen molar-refractivity contribution in [3.63, 3.8) is 0 Å². The van der Waals surface area contributed by atoms with Gasteiger partial charge in [0.25, 0.3) is 0 Å². The lowest BCUT2D eigenvalue weighted by molar-refractivity contribution is -0.0818. The standard InChI is InChI=1S/C13H25NO/c1-11-9-14(10-12(2)15-11)13-7-5-3-4-6-8-13/h11-13H,3-10H2,1-2H3. The van der Waals surface area contributed by atoms with E-state index in [0.717, 1.165) is 19.1 Å². The molecular formula is C13H25NO. The van der Waals surface area contributed by atoms with Gasteiger partial charge in [-0.25, -0.2) is 0 Å². The molecule has 2 unspecified atom stereocenters. The number of rotatable bonds is 1. The Morgan fingerprint density at radius 3 is 1.93 bits per heavy atom. The van der Waals surface area contributed by atoms with Gasteiger partial charge in [-0.2, -0.15) is 0 Å². The van der Waals surface area contributed by atoms with Crippen LogP contribution in [0.25, 0.3) is 0 Å². The molecule has 1 heterocycles. The van der Waals surface area contributed by atoms with Crippen LogP contribution in [0, 0.1) is 0 Å². The molecule has 2 nitrogen and oxygen atoms in total. The highest BCUT2D eigenvalue weighted by Gasteiger charge is 2.27. The van der Waals surface area contributed by atoms with Crippen LogP contribution in [-0.2, 0) is 4.74 Å². The molecule has 1 aliphatic carbocycles. The van der Waals surface area contributed by atoms with Crippen molar-refractivity contribution < 1.29 is 4.74 Å². The van der Waals surface area contributed by atoms with Crippen molar-refractivity contribution in [3.8, 4) is 0 Å². The van der Waals surface area contributed by atoms with Gasteiger partial charge in [-0.1, -0.05) is 25.7 Å². The Morgan fingerprint density at radius 1 is 0.867 bits per heavy atom. The van der Waals surface area contributed by atoms with E-state index in [0.29, 0.717) is 12.2 Å². The van der Waals surface area contributed by atoms with Crippen LogP contribution < -0.4 is 0 Å². The SMILES string of the molecule is CC1CN(C2CCCCCC2)CC(C)O1. The first-order chi connectivity index (χ1) is 7.25. The van der Waals surface area contributed by atoms with Gasteiger partial charge in [0.1, 0.15) is 0 Å². The van der Waals surface area contributed by atoms with Crippen LogP contribution in [0.2, 0.25) is 0 Å². The maximum Gasteiger partial charge on any atom is 0.0678 e. The third kappa shape index (κ3) is 3.18. The minimum atomic E-state index is 0.428. The van der Waals surface area contributed by atoms with Crippen LogP contribution in [0.4, 0.5) is 0 Å². The zero-order valence-corrected chi connectivity index (χ0v) is 10.2. The van der Waals surface area contributed by atoms with Crippen LogP contribution in [0.5, 0.6) is 0 Å². The first-order valence-electron chi connectivity index (χ1n) is 6.65. The van der Waals surface area contributed by atoms with E-state index in [9.17, 15) is 0 Å². The molecule has 1 saturated heterocycles. The van der Waals surface area contributed by atoms with E-state index in [1.165, 1.54) is 38.5 Å². The third-order valence-corrected chi connectivity index (χ3v) is 3.79. The molecule has 0 spiro atoms. The lowest BCUT2D eigenvalue weighted by Crippen LogP contribution is -2.49. The number of nitrogens with zero attached hydrogens (tertiary/aromatic N) is 1. The molecule has 2 rings (SSSR count). The van der Waals surface area contributed by atoms with Gasteiger partial charge in [0.05, 0.1) is 12.2 Å². The van der Waals surface area contributed by atoms with Crippen molar-refractivity contribution in [1.82, 2.24) is 4.90 Å². The van der Waals surface area contributed by atoms with Gasteiger partial charge in [0, 0.05) is 19.1 Å². The average molecular weight is 211 g/mol. The van der Waals surface area contributed by atoms with E-state index in [4.69, 9.17) is 4.74 Å². The van der Waals surface area contributed by atoms with Crippen molar-refractivity contribution in [1.29, 1.82) is 0 Å². The quantitative estimate of drug-likeness (QED) is 0.618. The fourth-order valence-electron chi connectivity index (χ4n) is 3.14. The lowest BCUT2D eigenvalue weighted by atomic mass is 10.0. The molecule has 0 bridgehead atoms. The van der Waals surface area contributed by atoms with Crippen LogP contribution in [0.1, 0.15) is 52.4 Å². The van der Waals surface area contributed by atoms with E-state index < -0.39 is 0 Å². The fourth-order valence-corrected chi connectivity index (χ4v) is 3.14. The van der Waals surface area contributed by atoms with E-state index in [2.05, 4.69) is 18.7 Å². The molecular weight excluding hydrogens is 186 g/mol. The zero-order chi connectivity index (χ0) is 10.7. The second-order valence-electron chi connectivity index (χ2n) is 5.36. The van der Waals surface area contributed by atoms with Crippen LogP contribution in [0.15, 0.2) is 0 Å². The molecule has 0 amide bonds. The summed E-state index contributed by atoms with van der Waals surface area (Å²) in [4.78, 5) is 2.68. The molecule has 2 heteroatoms. The number of hydrogen-bond acceptors (Lipinski definition) is 2. The Kier molecular flexibility index (Phi) is 4.04. The van der Waals surface area contributed by atoms with Gasteiger partial charge in [-0.3, -0.25) is 4.90 Å². The van der Waals surface area contributed by atoms with E-state index in [1.807, 2.05) is 0 Å². The van der Waals surface area contributed by atoms with Gasteiger partial charge in [-0.15, -0.1) is 0 Å². The topological polar surface area (TPSA) is 12.5 Å². The number of ether oxygens (including phenoxy) is 1. The average Bonchev–Trinajstić information content (AvgIpc) is 2.43. The lowest BCUT2D eigenvalue weighted by Gasteiger charge is -2.40. The fraction of sp³-hybridized carbons (Fsp3) is 1.00. The highest BCUT2D eigenvalue weighted by Crippen LogP contribution is 2.24. The minimum absolute atomic E-state index is 0.428. The van der Waals surface area contributed by atoms with Crippen molar-refractivity contribution in [2.45, 2.75) is 70.6 Å². The molecule has 0 radical (unpaired) electrons. The van der Waals surface area contributed by atoms with Crippen molar-refractivity contribution in [2.75, 3.05) is 13.1 Å². The molecule has 88 valence electrons. The summed E-state index contributed by atoms with van der Waals surface area (Å²) in [5, 5.41) is 0. The van der Waals surface area contributed by atoms with Crippen LogP contribution >= 0.6 is 0 Å². The van der Waals surface area contributed by atoms with Gasteiger partial charge in [0.2, 0.25) is 0 Å². The largest absolute Gasteiger partial charge is 0.373 e. The maximum atomic E-state index is 5.80. The van der Waals surface area contributed by atoms with Crippen molar-refractivity contribution in [3.05, 3.63) is 0 Å². The van der Waals surface area contributed by atoms with Gasteiger partial charge >= 0.3 is 0 Å². The summed E-state index contributed by atoms with van der Waals surface area (Å²) in [6.07, 6.45) is 9.46. The normalized spacial score (nSPS) is 36.4. The first kappa shape index (κ1) is 11.4. The summed E-state index contributed by atoms with van der Waals surface area (Å²) in [6, 6.07) is 0.848. The minimum Gasteiger partial charge on any atom is -0.373 e. The molecule has 1 aliphatic heterocycles. The zero-order valence-electron chi connectivity index (χ0n) is 10.2. The van der Waals surface area contributed by atoms with Gasteiger partial charge in [-0.05, 0) is 26.7 Å².